The fourth-order valence-corrected chi connectivity index (χ4v) is 2.39. The van der Waals surface area contributed by atoms with Crippen molar-refractivity contribution in [3.8, 4) is 0 Å². The van der Waals surface area contributed by atoms with Crippen LogP contribution in [0.15, 0.2) is 28.9 Å². The second-order valence-corrected chi connectivity index (χ2v) is 5.12. The fourth-order valence-electron chi connectivity index (χ4n) is 2.01. The van der Waals surface area contributed by atoms with Gasteiger partial charge in [0, 0.05) is 28.8 Å². The molecule has 96 valence electrons. The van der Waals surface area contributed by atoms with E-state index in [0.717, 1.165) is 22.2 Å². The minimum Gasteiger partial charge on any atom is -0.320 e. The van der Waals surface area contributed by atoms with Crippen LogP contribution in [0.3, 0.4) is 0 Å². The Kier molecular flexibility index (Phi) is 3.82. The summed E-state index contributed by atoms with van der Waals surface area (Å²) in [6.45, 7) is 2.01. The molecule has 0 aliphatic heterocycles. The van der Waals surface area contributed by atoms with Gasteiger partial charge in [-0.1, -0.05) is 22.9 Å². The largest absolute Gasteiger partial charge is 0.320 e. The molecular formula is C13H15BrFN3. The van der Waals surface area contributed by atoms with Gasteiger partial charge in [-0.05, 0) is 24.6 Å². The lowest BCUT2D eigenvalue weighted by atomic mass is 9.99. The van der Waals surface area contributed by atoms with Crippen molar-refractivity contribution in [2.45, 2.75) is 19.4 Å². The van der Waals surface area contributed by atoms with E-state index in [1.165, 1.54) is 6.07 Å². The van der Waals surface area contributed by atoms with Crippen molar-refractivity contribution in [1.29, 1.82) is 0 Å². The summed E-state index contributed by atoms with van der Waals surface area (Å²) in [6, 6.07) is 4.30. The minimum atomic E-state index is -0.494. The molecule has 0 spiro atoms. The standard InChI is InChI=1S/C13H15BrFN3/c1-3-12-10(7-18(2)17-12)13(16)9-6-8(14)4-5-11(9)15/h4-7,13H,3,16H2,1-2H3. The van der Waals surface area contributed by atoms with Crippen molar-refractivity contribution in [1.82, 2.24) is 9.78 Å². The van der Waals surface area contributed by atoms with Crippen LogP contribution in [0.5, 0.6) is 0 Å². The van der Waals surface area contributed by atoms with Gasteiger partial charge in [0.05, 0.1) is 11.7 Å². The Morgan fingerprint density at radius 3 is 2.83 bits per heavy atom. The van der Waals surface area contributed by atoms with Crippen molar-refractivity contribution in [2.75, 3.05) is 0 Å². The molecule has 0 saturated carbocycles. The molecule has 3 nitrogen and oxygen atoms in total. The summed E-state index contributed by atoms with van der Waals surface area (Å²) in [7, 11) is 1.84. The van der Waals surface area contributed by atoms with E-state index in [-0.39, 0.29) is 5.82 Å². The average Bonchev–Trinajstić information content (AvgIpc) is 2.72. The van der Waals surface area contributed by atoms with Crippen molar-refractivity contribution in [2.24, 2.45) is 12.8 Å². The first-order chi connectivity index (χ1) is 8.52. The first kappa shape index (κ1) is 13.2. The summed E-state index contributed by atoms with van der Waals surface area (Å²) in [5.41, 5.74) is 8.42. The number of benzene rings is 1. The number of hydrogen-bond donors (Lipinski definition) is 1. The van der Waals surface area contributed by atoms with E-state index in [2.05, 4.69) is 21.0 Å². The minimum absolute atomic E-state index is 0.295. The third kappa shape index (κ3) is 2.47. The Bertz CT molecular complexity index is 565. The van der Waals surface area contributed by atoms with Crippen LogP contribution in [0.2, 0.25) is 0 Å². The Labute approximate surface area is 114 Å². The van der Waals surface area contributed by atoms with Crippen LogP contribution in [0.1, 0.15) is 29.8 Å². The monoisotopic (exact) mass is 311 g/mol. The lowest BCUT2D eigenvalue weighted by molar-refractivity contribution is 0.598. The average molecular weight is 312 g/mol. The van der Waals surface area contributed by atoms with Gasteiger partial charge in [-0.15, -0.1) is 0 Å². The molecule has 0 fully saturated rings. The van der Waals surface area contributed by atoms with E-state index in [0.29, 0.717) is 5.56 Å². The zero-order valence-electron chi connectivity index (χ0n) is 10.3. The number of nitrogens with zero attached hydrogens (tertiary/aromatic N) is 2. The number of rotatable bonds is 3. The lowest BCUT2D eigenvalue weighted by Gasteiger charge is -2.13. The molecule has 5 heteroatoms. The topological polar surface area (TPSA) is 43.8 Å². The molecule has 2 N–H and O–H groups in total. The zero-order valence-corrected chi connectivity index (χ0v) is 11.9. The second kappa shape index (κ2) is 5.20. The maximum Gasteiger partial charge on any atom is 0.128 e. The van der Waals surface area contributed by atoms with Gasteiger partial charge in [-0.3, -0.25) is 4.68 Å². The molecule has 0 bridgehead atoms. The van der Waals surface area contributed by atoms with Gasteiger partial charge in [0.15, 0.2) is 0 Å². The van der Waals surface area contributed by atoms with Crippen molar-refractivity contribution >= 4 is 15.9 Å². The number of aryl methyl sites for hydroxylation is 2. The predicted octanol–water partition coefficient (Wildman–Crippen LogP) is 2.93. The van der Waals surface area contributed by atoms with Crippen LogP contribution in [-0.2, 0) is 13.5 Å². The zero-order chi connectivity index (χ0) is 13.3. The number of aromatic nitrogens is 2. The summed E-state index contributed by atoms with van der Waals surface area (Å²) < 4.78 is 16.3. The Morgan fingerprint density at radius 1 is 1.44 bits per heavy atom. The normalized spacial score (nSPS) is 12.7. The van der Waals surface area contributed by atoms with Gasteiger partial charge in [0.1, 0.15) is 5.82 Å². The van der Waals surface area contributed by atoms with Gasteiger partial charge >= 0.3 is 0 Å². The first-order valence-electron chi connectivity index (χ1n) is 5.76. The molecule has 1 aromatic heterocycles. The lowest BCUT2D eigenvalue weighted by Crippen LogP contribution is -2.14. The van der Waals surface area contributed by atoms with E-state index < -0.39 is 6.04 Å². The molecule has 1 heterocycles. The Balaban J connectivity index is 2.46. The van der Waals surface area contributed by atoms with E-state index in [4.69, 9.17) is 5.73 Å². The molecule has 0 aliphatic rings. The maximum atomic E-state index is 13.8. The highest BCUT2D eigenvalue weighted by molar-refractivity contribution is 9.10. The molecule has 1 unspecified atom stereocenters. The molecule has 1 aromatic carbocycles. The highest BCUT2D eigenvalue weighted by atomic mass is 79.9. The fraction of sp³-hybridized carbons (Fsp3) is 0.308. The molecule has 18 heavy (non-hydrogen) atoms. The summed E-state index contributed by atoms with van der Waals surface area (Å²) >= 11 is 3.33. The van der Waals surface area contributed by atoms with E-state index in [1.807, 2.05) is 20.2 Å². The molecule has 0 aliphatic carbocycles. The Morgan fingerprint density at radius 2 is 2.17 bits per heavy atom. The van der Waals surface area contributed by atoms with Gasteiger partial charge < -0.3 is 5.73 Å². The molecule has 2 rings (SSSR count). The molecule has 1 atom stereocenters. The maximum absolute atomic E-state index is 13.8. The summed E-state index contributed by atoms with van der Waals surface area (Å²) in [6.07, 6.45) is 2.63. The Hall–Kier alpha value is -1.20. The third-order valence-electron chi connectivity index (χ3n) is 2.90. The van der Waals surface area contributed by atoms with E-state index in [9.17, 15) is 4.39 Å². The first-order valence-corrected chi connectivity index (χ1v) is 6.55. The third-order valence-corrected chi connectivity index (χ3v) is 3.39. The molecular weight excluding hydrogens is 297 g/mol. The molecule has 0 amide bonds. The van der Waals surface area contributed by atoms with Crippen LogP contribution in [-0.4, -0.2) is 9.78 Å². The summed E-state index contributed by atoms with van der Waals surface area (Å²) in [4.78, 5) is 0. The highest BCUT2D eigenvalue weighted by Gasteiger charge is 2.19. The van der Waals surface area contributed by atoms with Crippen molar-refractivity contribution < 1.29 is 4.39 Å². The highest BCUT2D eigenvalue weighted by Crippen LogP contribution is 2.27. The van der Waals surface area contributed by atoms with E-state index >= 15 is 0 Å². The number of halogens is 2. The number of nitrogens with two attached hydrogens (primary N) is 1. The summed E-state index contributed by atoms with van der Waals surface area (Å²) in [5.74, 6) is -0.295. The van der Waals surface area contributed by atoms with Gasteiger partial charge in [-0.25, -0.2) is 4.39 Å². The molecule has 0 radical (unpaired) electrons. The van der Waals surface area contributed by atoms with Gasteiger partial charge in [0.2, 0.25) is 0 Å². The molecule has 2 aromatic rings. The number of hydrogen-bond acceptors (Lipinski definition) is 2. The van der Waals surface area contributed by atoms with Crippen molar-refractivity contribution in [3.05, 3.63) is 51.5 Å². The van der Waals surface area contributed by atoms with Crippen LogP contribution < -0.4 is 5.73 Å². The predicted molar refractivity (Wildman–Crippen MR) is 72.7 cm³/mol. The van der Waals surface area contributed by atoms with Gasteiger partial charge in [0.25, 0.3) is 0 Å². The van der Waals surface area contributed by atoms with Crippen LogP contribution in [0.25, 0.3) is 0 Å². The quantitative estimate of drug-likeness (QED) is 0.947. The van der Waals surface area contributed by atoms with E-state index in [1.54, 1.807) is 16.8 Å². The van der Waals surface area contributed by atoms with Crippen LogP contribution >= 0.6 is 15.9 Å². The summed E-state index contributed by atoms with van der Waals surface area (Å²) in [5, 5.41) is 4.33. The van der Waals surface area contributed by atoms with Crippen LogP contribution in [0, 0.1) is 5.82 Å². The smallest absolute Gasteiger partial charge is 0.128 e. The van der Waals surface area contributed by atoms with Crippen LogP contribution in [0.4, 0.5) is 4.39 Å². The second-order valence-electron chi connectivity index (χ2n) is 4.20. The van der Waals surface area contributed by atoms with Crippen molar-refractivity contribution in [3.63, 3.8) is 0 Å². The molecule has 0 saturated heterocycles. The SMILES string of the molecule is CCc1nn(C)cc1C(N)c1cc(Br)ccc1F. The van der Waals surface area contributed by atoms with Gasteiger partial charge in [-0.2, -0.15) is 5.10 Å².